The van der Waals surface area contributed by atoms with E-state index in [4.69, 9.17) is 20.1 Å². The highest BCUT2D eigenvalue weighted by Crippen LogP contribution is 1.91. The zero-order chi connectivity index (χ0) is 9.28. The maximum atomic E-state index is 9.76. The average Bonchev–Trinajstić information content (AvgIpc) is 1.82. The van der Waals surface area contributed by atoms with Crippen molar-refractivity contribution >= 4 is 12.1 Å². The topological polar surface area (TPSA) is 94.8 Å². The fourth-order valence-electron chi connectivity index (χ4n) is 0.328. The quantitative estimate of drug-likeness (QED) is 0.587. The molecule has 0 atom stereocenters. The van der Waals surface area contributed by atoms with Gasteiger partial charge in [0.2, 0.25) is 0 Å². The Bertz CT molecular complexity index is 116. The van der Waals surface area contributed by atoms with Gasteiger partial charge >= 0.3 is 12.1 Å². The van der Waals surface area contributed by atoms with Gasteiger partial charge in [-0.25, -0.2) is 4.79 Å². The largest absolute Gasteiger partial charge is 0.503 e. The summed E-state index contributed by atoms with van der Waals surface area (Å²) in [4.78, 5) is 18.3. The van der Waals surface area contributed by atoms with E-state index in [1.807, 2.05) is 6.92 Å². The first-order chi connectivity index (χ1) is 5.00. The van der Waals surface area contributed by atoms with Crippen LogP contribution in [0.5, 0.6) is 0 Å². The molecule has 0 aromatic rings. The molecule has 0 aliphatic rings. The Labute approximate surface area is 64.3 Å². The fourth-order valence-corrected chi connectivity index (χ4v) is 0.328. The van der Waals surface area contributed by atoms with Gasteiger partial charge in [-0.05, 0) is 6.42 Å². The van der Waals surface area contributed by atoms with E-state index in [0.29, 0.717) is 6.42 Å². The van der Waals surface area contributed by atoms with E-state index >= 15 is 0 Å². The van der Waals surface area contributed by atoms with Gasteiger partial charge < -0.3 is 15.3 Å². The van der Waals surface area contributed by atoms with Crippen LogP contribution in [-0.2, 0) is 4.79 Å². The molecule has 0 aromatic carbocycles. The van der Waals surface area contributed by atoms with Crippen LogP contribution in [0.15, 0.2) is 0 Å². The van der Waals surface area contributed by atoms with Crippen LogP contribution in [0.25, 0.3) is 0 Å². The summed E-state index contributed by atoms with van der Waals surface area (Å²) in [7, 11) is 0. The fraction of sp³-hybridized carbons (Fsp3) is 0.667. The Morgan fingerprint density at radius 1 is 1.18 bits per heavy atom. The summed E-state index contributed by atoms with van der Waals surface area (Å²) < 4.78 is 0. The average molecular weight is 164 g/mol. The van der Waals surface area contributed by atoms with Crippen molar-refractivity contribution in [1.29, 1.82) is 0 Å². The number of aliphatic carboxylic acids is 1. The van der Waals surface area contributed by atoms with Crippen LogP contribution in [0.2, 0.25) is 0 Å². The van der Waals surface area contributed by atoms with Crippen molar-refractivity contribution in [3.63, 3.8) is 0 Å². The third-order valence-corrected chi connectivity index (χ3v) is 0.744. The first kappa shape index (κ1) is 12.4. The molecule has 0 heterocycles. The van der Waals surface area contributed by atoms with Crippen molar-refractivity contribution < 1.29 is 24.9 Å². The molecule has 0 aromatic heterocycles. The first-order valence-corrected chi connectivity index (χ1v) is 3.14. The van der Waals surface area contributed by atoms with E-state index in [0.717, 1.165) is 12.8 Å². The van der Waals surface area contributed by atoms with Crippen LogP contribution in [-0.4, -0.2) is 27.4 Å². The van der Waals surface area contributed by atoms with E-state index in [2.05, 4.69) is 0 Å². The number of rotatable bonds is 3. The predicted molar refractivity (Wildman–Crippen MR) is 37.8 cm³/mol. The molecule has 0 rings (SSSR count). The summed E-state index contributed by atoms with van der Waals surface area (Å²) in [6.45, 7) is 1.98. The number of unbranched alkanes of at least 4 members (excludes halogenated alkanes) is 1. The van der Waals surface area contributed by atoms with Gasteiger partial charge in [-0.15, -0.1) is 0 Å². The highest BCUT2D eigenvalue weighted by molar-refractivity contribution is 5.66. The molecule has 5 heteroatoms. The van der Waals surface area contributed by atoms with Crippen molar-refractivity contribution in [1.82, 2.24) is 0 Å². The van der Waals surface area contributed by atoms with Gasteiger partial charge in [0.15, 0.2) is 0 Å². The van der Waals surface area contributed by atoms with Gasteiger partial charge in [0.1, 0.15) is 0 Å². The smallest absolute Gasteiger partial charge is 0.481 e. The zero-order valence-corrected chi connectivity index (χ0v) is 6.28. The summed E-state index contributed by atoms with van der Waals surface area (Å²) in [5.41, 5.74) is 0. The molecule has 11 heavy (non-hydrogen) atoms. The lowest BCUT2D eigenvalue weighted by Gasteiger charge is -1.85. The number of carboxylic acid groups (broad SMARTS) is 3. The van der Waals surface area contributed by atoms with Gasteiger partial charge in [-0.1, -0.05) is 13.3 Å². The third kappa shape index (κ3) is 52.9. The van der Waals surface area contributed by atoms with E-state index < -0.39 is 12.1 Å². The maximum absolute atomic E-state index is 9.76. The minimum absolute atomic E-state index is 0.316. The second-order valence-electron chi connectivity index (χ2n) is 1.78. The van der Waals surface area contributed by atoms with Gasteiger partial charge in [0.05, 0.1) is 0 Å². The van der Waals surface area contributed by atoms with Crippen molar-refractivity contribution in [3.05, 3.63) is 0 Å². The molecular formula is C6H12O5. The molecule has 5 nitrogen and oxygen atoms in total. The Hall–Kier alpha value is -1.26. The van der Waals surface area contributed by atoms with Crippen molar-refractivity contribution in [2.24, 2.45) is 0 Å². The molecule has 0 unspecified atom stereocenters. The predicted octanol–water partition coefficient (Wildman–Crippen LogP) is 1.48. The zero-order valence-electron chi connectivity index (χ0n) is 6.28. The van der Waals surface area contributed by atoms with Crippen LogP contribution in [0, 0.1) is 0 Å². The lowest BCUT2D eigenvalue weighted by molar-refractivity contribution is -0.137. The van der Waals surface area contributed by atoms with Crippen LogP contribution < -0.4 is 0 Å². The first-order valence-electron chi connectivity index (χ1n) is 3.14. The molecule has 0 aliphatic heterocycles. The molecule has 3 N–H and O–H groups in total. The van der Waals surface area contributed by atoms with Crippen LogP contribution in [0.1, 0.15) is 26.2 Å². The second kappa shape index (κ2) is 8.74. The van der Waals surface area contributed by atoms with E-state index in [1.54, 1.807) is 0 Å². The molecule has 66 valence electrons. The SMILES string of the molecule is CCCCC(=O)O.O=C(O)O. The van der Waals surface area contributed by atoms with Crippen LogP contribution in [0.3, 0.4) is 0 Å². The Balaban J connectivity index is 0. The van der Waals surface area contributed by atoms with E-state index in [9.17, 15) is 4.79 Å². The minimum Gasteiger partial charge on any atom is -0.481 e. The summed E-state index contributed by atoms with van der Waals surface area (Å²) in [6.07, 6.45) is 0.248. The van der Waals surface area contributed by atoms with Crippen molar-refractivity contribution in [3.8, 4) is 0 Å². The Morgan fingerprint density at radius 3 is 1.64 bits per heavy atom. The molecule has 0 radical (unpaired) electrons. The minimum atomic E-state index is -1.83. The summed E-state index contributed by atoms with van der Waals surface area (Å²) in [5.74, 6) is -0.693. The molecule has 0 aliphatic carbocycles. The molecule has 0 saturated heterocycles. The highest BCUT2D eigenvalue weighted by atomic mass is 16.6. The standard InChI is InChI=1S/C5H10O2.CH2O3/c1-2-3-4-5(6)7;2-1(3)4/h2-4H2,1H3,(H,6,7);(H2,2,3,4). The monoisotopic (exact) mass is 164 g/mol. The normalized spacial score (nSPS) is 7.73. The molecule has 0 bridgehead atoms. The molecule has 0 saturated carbocycles. The lowest BCUT2D eigenvalue weighted by Crippen LogP contribution is -1.91. The summed E-state index contributed by atoms with van der Waals surface area (Å²) in [6, 6.07) is 0. The number of hydrogen-bond donors (Lipinski definition) is 3. The van der Waals surface area contributed by atoms with Crippen LogP contribution in [0.4, 0.5) is 4.79 Å². The van der Waals surface area contributed by atoms with Crippen LogP contribution >= 0.6 is 0 Å². The van der Waals surface area contributed by atoms with Crippen molar-refractivity contribution in [2.75, 3.05) is 0 Å². The number of carboxylic acids is 1. The number of hydrogen-bond acceptors (Lipinski definition) is 2. The van der Waals surface area contributed by atoms with E-state index in [-0.39, 0.29) is 0 Å². The summed E-state index contributed by atoms with van der Waals surface area (Å²) >= 11 is 0. The van der Waals surface area contributed by atoms with Crippen molar-refractivity contribution in [2.45, 2.75) is 26.2 Å². The molecule has 0 amide bonds. The molecule has 0 spiro atoms. The maximum Gasteiger partial charge on any atom is 0.503 e. The van der Waals surface area contributed by atoms with Gasteiger partial charge in [0.25, 0.3) is 0 Å². The molecule has 0 fully saturated rings. The molecular weight excluding hydrogens is 152 g/mol. The van der Waals surface area contributed by atoms with E-state index in [1.165, 1.54) is 0 Å². The highest BCUT2D eigenvalue weighted by Gasteiger charge is 1.90. The van der Waals surface area contributed by atoms with Gasteiger partial charge in [-0.3, -0.25) is 4.79 Å². The van der Waals surface area contributed by atoms with Gasteiger partial charge in [0, 0.05) is 6.42 Å². The number of carbonyl (C=O) groups is 2. The lowest BCUT2D eigenvalue weighted by atomic mass is 10.3. The Morgan fingerprint density at radius 2 is 1.55 bits per heavy atom. The summed E-state index contributed by atoms with van der Waals surface area (Å²) in [5, 5.41) is 22.0. The third-order valence-electron chi connectivity index (χ3n) is 0.744. The second-order valence-corrected chi connectivity index (χ2v) is 1.78. The Kier molecular flexibility index (Phi) is 9.87. The van der Waals surface area contributed by atoms with Gasteiger partial charge in [-0.2, -0.15) is 0 Å².